The molecule has 6 heteroatoms. The first-order valence-electron chi connectivity index (χ1n) is 8.44. The van der Waals surface area contributed by atoms with Crippen molar-refractivity contribution >= 4 is 16.8 Å². The first kappa shape index (κ1) is 16.1. The van der Waals surface area contributed by atoms with Gasteiger partial charge in [0.1, 0.15) is 6.54 Å². The van der Waals surface area contributed by atoms with Crippen LogP contribution in [0.25, 0.3) is 22.2 Å². The first-order valence-corrected chi connectivity index (χ1v) is 8.44. The van der Waals surface area contributed by atoms with Crippen LogP contribution in [0, 0.1) is 0 Å². The van der Waals surface area contributed by atoms with Crippen molar-refractivity contribution in [2.24, 2.45) is 7.05 Å². The van der Waals surface area contributed by atoms with E-state index in [2.05, 4.69) is 15.4 Å². The van der Waals surface area contributed by atoms with Gasteiger partial charge in [0.25, 0.3) is 0 Å². The minimum absolute atomic E-state index is 0.0349. The van der Waals surface area contributed by atoms with Gasteiger partial charge in [0, 0.05) is 43.3 Å². The van der Waals surface area contributed by atoms with E-state index < -0.39 is 0 Å². The second kappa shape index (κ2) is 6.84. The van der Waals surface area contributed by atoms with Gasteiger partial charge in [-0.1, -0.05) is 24.3 Å². The van der Waals surface area contributed by atoms with Crippen LogP contribution in [0.4, 0.5) is 0 Å². The Bertz CT molecular complexity index is 1060. The topological polar surface area (TPSA) is 64.7 Å². The van der Waals surface area contributed by atoms with Crippen molar-refractivity contribution in [2.75, 3.05) is 0 Å². The number of nitrogens with zero attached hydrogens (tertiary/aromatic N) is 4. The number of amides is 1. The quantitative estimate of drug-likeness (QED) is 0.605. The van der Waals surface area contributed by atoms with E-state index >= 15 is 0 Å². The molecule has 4 aromatic rings. The molecular weight excluding hydrogens is 326 g/mol. The van der Waals surface area contributed by atoms with Gasteiger partial charge >= 0.3 is 0 Å². The van der Waals surface area contributed by atoms with Crippen LogP contribution in [0.15, 0.2) is 67.3 Å². The average Bonchev–Trinajstić information content (AvgIpc) is 3.27. The molecule has 4 rings (SSSR count). The minimum atomic E-state index is -0.0349. The fourth-order valence-electron chi connectivity index (χ4n) is 3.07. The molecule has 1 N–H and O–H groups in total. The Morgan fingerprint density at radius 1 is 1.15 bits per heavy atom. The maximum absolute atomic E-state index is 12.4. The number of pyridine rings is 1. The molecule has 6 nitrogen and oxygen atoms in total. The van der Waals surface area contributed by atoms with Crippen LogP contribution in [0.3, 0.4) is 0 Å². The Labute approximate surface area is 151 Å². The highest BCUT2D eigenvalue weighted by atomic mass is 16.1. The second-order valence-corrected chi connectivity index (χ2v) is 6.19. The van der Waals surface area contributed by atoms with E-state index in [1.165, 1.54) is 0 Å². The zero-order valence-corrected chi connectivity index (χ0v) is 14.5. The Morgan fingerprint density at radius 3 is 2.88 bits per heavy atom. The van der Waals surface area contributed by atoms with Crippen LogP contribution in [0.5, 0.6) is 0 Å². The van der Waals surface area contributed by atoms with E-state index in [4.69, 9.17) is 0 Å². The molecule has 3 heterocycles. The normalized spacial score (nSPS) is 11.0. The van der Waals surface area contributed by atoms with Gasteiger partial charge in [0.05, 0.1) is 11.9 Å². The van der Waals surface area contributed by atoms with E-state index in [1.54, 1.807) is 17.1 Å². The highest BCUT2D eigenvalue weighted by molar-refractivity contribution is 5.83. The van der Waals surface area contributed by atoms with E-state index in [1.807, 2.05) is 66.5 Å². The van der Waals surface area contributed by atoms with Crippen molar-refractivity contribution in [1.82, 2.24) is 24.6 Å². The number of rotatable bonds is 5. The molecule has 0 aliphatic heterocycles. The summed E-state index contributed by atoms with van der Waals surface area (Å²) in [7, 11) is 1.87. The Balaban J connectivity index is 1.47. The van der Waals surface area contributed by atoms with Gasteiger partial charge in [-0.25, -0.2) is 0 Å². The second-order valence-electron chi connectivity index (χ2n) is 6.19. The molecule has 0 aliphatic carbocycles. The summed E-state index contributed by atoms with van der Waals surface area (Å²) in [6.45, 7) is 0.714. The number of aromatic nitrogens is 4. The van der Waals surface area contributed by atoms with Crippen molar-refractivity contribution < 1.29 is 4.79 Å². The summed E-state index contributed by atoms with van der Waals surface area (Å²) in [4.78, 5) is 16.9. The maximum atomic E-state index is 12.4. The van der Waals surface area contributed by atoms with Crippen molar-refractivity contribution in [2.45, 2.75) is 13.1 Å². The maximum Gasteiger partial charge on any atom is 0.240 e. The van der Waals surface area contributed by atoms with E-state index in [0.717, 1.165) is 27.7 Å². The van der Waals surface area contributed by atoms with Gasteiger partial charge in [-0.2, -0.15) is 5.10 Å². The molecule has 0 saturated carbocycles. The molecule has 0 bridgehead atoms. The van der Waals surface area contributed by atoms with E-state index in [0.29, 0.717) is 6.54 Å². The zero-order valence-electron chi connectivity index (χ0n) is 14.5. The van der Waals surface area contributed by atoms with Crippen molar-refractivity contribution in [3.63, 3.8) is 0 Å². The molecule has 0 fully saturated rings. The van der Waals surface area contributed by atoms with Gasteiger partial charge in [-0.05, 0) is 29.1 Å². The van der Waals surface area contributed by atoms with Crippen LogP contribution < -0.4 is 5.32 Å². The van der Waals surface area contributed by atoms with Crippen LogP contribution >= 0.6 is 0 Å². The van der Waals surface area contributed by atoms with Gasteiger partial charge in [-0.15, -0.1) is 0 Å². The number of hydrogen-bond donors (Lipinski definition) is 1. The summed E-state index contributed by atoms with van der Waals surface area (Å²) in [5, 5.41) is 8.32. The number of nitrogens with one attached hydrogen (secondary N) is 1. The largest absolute Gasteiger partial charge is 0.350 e. The summed E-state index contributed by atoms with van der Waals surface area (Å²) in [6, 6.07) is 13.9. The van der Waals surface area contributed by atoms with Crippen LogP contribution in [0.2, 0.25) is 0 Å². The molecule has 26 heavy (non-hydrogen) atoms. The number of benzene rings is 1. The molecule has 0 saturated heterocycles. The molecule has 0 spiro atoms. The number of fused-ring (bicyclic) bond motifs is 1. The SMILES string of the molecule is Cn1cc(-c2ncccc2CNC(=O)Cn2ccc3ccccc32)cn1. The monoisotopic (exact) mass is 345 g/mol. The highest BCUT2D eigenvalue weighted by Gasteiger charge is 2.10. The summed E-state index contributed by atoms with van der Waals surface area (Å²) < 4.78 is 3.69. The Morgan fingerprint density at radius 2 is 2.04 bits per heavy atom. The molecule has 1 aromatic carbocycles. The van der Waals surface area contributed by atoms with Gasteiger partial charge < -0.3 is 9.88 Å². The number of carbonyl (C=O) groups is 1. The third-order valence-corrected chi connectivity index (χ3v) is 4.34. The first-order chi connectivity index (χ1) is 12.7. The van der Waals surface area contributed by atoms with Gasteiger partial charge in [-0.3, -0.25) is 14.5 Å². The summed E-state index contributed by atoms with van der Waals surface area (Å²) in [6.07, 6.45) is 7.38. The van der Waals surface area contributed by atoms with Gasteiger partial charge in [0.15, 0.2) is 0 Å². The van der Waals surface area contributed by atoms with Crippen LogP contribution in [0.1, 0.15) is 5.56 Å². The van der Waals surface area contributed by atoms with E-state index in [9.17, 15) is 4.79 Å². The lowest BCUT2D eigenvalue weighted by Gasteiger charge is -2.10. The van der Waals surface area contributed by atoms with Crippen molar-refractivity contribution in [3.05, 3.63) is 72.8 Å². The summed E-state index contributed by atoms with van der Waals surface area (Å²) in [5.41, 5.74) is 3.80. The number of para-hydroxylation sites is 1. The summed E-state index contributed by atoms with van der Waals surface area (Å²) in [5.74, 6) is -0.0349. The highest BCUT2D eigenvalue weighted by Crippen LogP contribution is 2.20. The number of aryl methyl sites for hydroxylation is 1. The number of carbonyl (C=O) groups excluding carboxylic acids is 1. The third kappa shape index (κ3) is 3.21. The molecule has 0 atom stereocenters. The predicted octanol–water partition coefficient (Wildman–Crippen LogP) is 2.75. The van der Waals surface area contributed by atoms with E-state index in [-0.39, 0.29) is 12.5 Å². The smallest absolute Gasteiger partial charge is 0.240 e. The fourth-order valence-corrected chi connectivity index (χ4v) is 3.07. The third-order valence-electron chi connectivity index (χ3n) is 4.34. The predicted molar refractivity (Wildman–Crippen MR) is 100 cm³/mol. The fraction of sp³-hybridized carbons (Fsp3) is 0.150. The average molecular weight is 345 g/mol. The molecule has 130 valence electrons. The van der Waals surface area contributed by atoms with Crippen LogP contribution in [-0.2, 0) is 24.9 Å². The zero-order chi connectivity index (χ0) is 17.9. The number of hydrogen-bond acceptors (Lipinski definition) is 3. The molecule has 0 unspecified atom stereocenters. The van der Waals surface area contributed by atoms with Gasteiger partial charge in [0.2, 0.25) is 5.91 Å². The Hall–Kier alpha value is -3.41. The molecule has 3 aromatic heterocycles. The lowest BCUT2D eigenvalue weighted by Crippen LogP contribution is -2.27. The lowest BCUT2D eigenvalue weighted by molar-refractivity contribution is -0.121. The molecular formula is C20H19N5O. The standard InChI is InChI=1S/C20H19N5O/c1-24-13-17(12-23-24)20-16(6-4-9-21-20)11-22-19(26)14-25-10-8-15-5-2-3-7-18(15)25/h2-10,12-13H,11,14H2,1H3,(H,22,26). The molecule has 1 amide bonds. The molecule has 0 aliphatic rings. The minimum Gasteiger partial charge on any atom is -0.350 e. The summed E-state index contributed by atoms with van der Waals surface area (Å²) >= 11 is 0. The Kier molecular flexibility index (Phi) is 4.23. The van der Waals surface area contributed by atoms with Crippen molar-refractivity contribution in [3.8, 4) is 11.3 Å². The van der Waals surface area contributed by atoms with Crippen molar-refractivity contribution in [1.29, 1.82) is 0 Å². The molecule has 0 radical (unpaired) electrons. The van der Waals surface area contributed by atoms with Crippen LogP contribution in [-0.4, -0.2) is 25.2 Å². The lowest BCUT2D eigenvalue weighted by atomic mass is 10.1.